The molecule has 6 heteroatoms. The highest BCUT2D eigenvalue weighted by Crippen LogP contribution is 2.31. The largest absolute Gasteiger partial charge is 0.495 e. The molecule has 1 heterocycles. The van der Waals surface area contributed by atoms with Gasteiger partial charge in [-0.15, -0.1) is 0 Å². The summed E-state index contributed by atoms with van der Waals surface area (Å²) in [6.07, 6.45) is -1.38. The van der Waals surface area contributed by atoms with Crippen LogP contribution in [-0.4, -0.2) is 12.1 Å². The number of nitrogens with zero attached hydrogens (tertiary/aromatic N) is 1. The third kappa shape index (κ3) is 3.08. The minimum atomic E-state index is -4.39. The van der Waals surface area contributed by atoms with Gasteiger partial charge in [-0.05, 0) is 29.3 Å². The number of benzene rings is 1. The maximum Gasteiger partial charge on any atom is 0.416 e. The highest BCUT2D eigenvalue weighted by molar-refractivity contribution is 5.36. The molecule has 1 atom stereocenters. The van der Waals surface area contributed by atoms with Gasteiger partial charge in [-0.3, -0.25) is 4.98 Å². The van der Waals surface area contributed by atoms with E-state index >= 15 is 0 Å². The number of methoxy groups -OCH3 is 1. The van der Waals surface area contributed by atoms with Crippen molar-refractivity contribution in [2.24, 2.45) is 5.73 Å². The van der Waals surface area contributed by atoms with Crippen molar-refractivity contribution >= 4 is 0 Å². The number of nitrogens with two attached hydrogens (primary N) is 1. The van der Waals surface area contributed by atoms with Crippen molar-refractivity contribution < 1.29 is 17.9 Å². The molecule has 0 aliphatic rings. The number of ether oxygens (including phenoxy) is 1. The van der Waals surface area contributed by atoms with Crippen LogP contribution in [0.25, 0.3) is 0 Å². The monoisotopic (exact) mass is 282 g/mol. The van der Waals surface area contributed by atoms with E-state index in [1.807, 2.05) is 0 Å². The average molecular weight is 282 g/mol. The minimum absolute atomic E-state index is 0.370. The van der Waals surface area contributed by atoms with E-state index in [1.165, 1.54) is 25.6 Å². The molecule has 1 unspecified atom stereocenters. The molecule has 0 aliphatic heterocycles. The molecule has 3 nitrogen and oxygen atoms in total. The number of alkyl halides is 3. The molecular formula is C14H13F3N2O. The lowest BCUT2D eigenvalue weighted by atomic mass is 9.99. The number of halogens is 3. The molecule has 1 aromatic heterocycles. The Balaban J connectivity index is 2.35. The Hall–Kier alpha value is -2.08. The molecule has 0 saturated heterocycles. The van der Waals surface area contributed by atoms with E-state index in [0.29, 0.717) is 16.9 Å². The Morgan fingerprint density at radius 1 is 1.15 bits per heavy atom. The number of hydrogen-bond donors (Lipinski definition) is 1. The molecule has 0 aliphatic carbocycles. The third-order valence-corrected chi connectivity index (χ3v) is 2.90. The molecule has 0 saturated carbocycles. The van der Waals surface area contributed by atoms with Gasteiger partial charge in [0, 0.05) is 6.20 Å². The van der Waals surface area contributed by atoms with Crippen molar-refractivity contribution in [1.82, 2.24) is 4.98 Å². The fraction of sp³-hybridized carbons (Fsp3) is 0.214. The van der Waals surface area contributed by atoms with Crippen LogP contribution in [0.3, 0.4) is 0 Å². The Morgan fingerprint density at radius 3 is 2.55 bits per heavy atom. The van der Waals surface area contributed by atoms with Crippen LogP contribution in [0.2, 0.25) is 0 Å². The van der Waals surface area contributed by atoms with Crippen LogP contribution < -0.4 is 10.5 Å². The second kappa shape index (κ2) is 5.50. The SMILES string of the molecule is COc1cncc(C(N)c2cccc(C(F)(F)F)c2)c1. The zero-order valence-electron chi connectivity index (χ0n) is 10.7. The molecule has 2 aromatic rings. The van der Waals surface area contributed by atoms with E-state index < -0.39 is 17.8 Å². The zero-order valence-corrected chi connectivity index (χ0v) is 10.7. The molecule has 20 heavy (non-hydrogen) atoms. The lowest BCUT2D eigenvalue weighted by Gasteiger charge is -2.15. The molecule has 0 bridgehead atoms. The Bertz CT molecular complexity index is 599. The van der Waals surface area contributed by atoms with Crippen LogP contribution in [0.1, 0.15) is 22.7 Å². The van der Waals surface area contributed by atoms with Gasteiger partial charge in [-0.2, -0.15) is 13.2 Å². The first-order valence-electron chi connectivity index (χ1n) is 5.83. The summed E-state index contributed by atoms with van der Waals surface area (Å²) in [5.74, 6) is 0.505. The van der Waals surface area contributed by atoms with Crippen LogP contribution in [0.4, 0.5) is 13.2 Å². The standard InChI is InChI=1S/C14H13F3N2O/c1-20-12-6-10(7-19-8-12)13(18)9-3-2-4-11(5-9)14(15,16)17/h2-8,13H,18H2,1H3. The van der Waals surface area contributed by atoms with E-state index in [-0.39, 0.29) is 0 Å². The van der Waals surface area contributed by atoms with E-state index in [0.717, 1.165) is 12.1 Å². The van der Waals surface area contributed by atoms with Crippen LogP contribution in [-0.2, 0) is 6.18 Å². The summed E-state index contributed by atoms with van der Waals surface area (Å²) in [7, 11) is 1.48. The summed E-state index contributed by atoms with van der Waals surface area (Å²) >= 11 is 0. The van der Waals surface area contributed by atoms with E-state index in [1.54, 1.807) is 12.1 Å². The second-order valence-corrected chi connectivity index (χ2v) is 4.26. The van der Waals surface area contributed by atoms with E-state index in [2.05, 4.69) is 4.98 Å². The van der Waals surface area contributed by atoms with Crippen molar-refractivity contribution in [2.75, 3.05) is 7.11 Å². The van der Waals surface area contributed by atoms with Crippen LogP contribution in [0.15, 0.2) is 42.7 Å². The normalized spacial score (nSPS) is 13.1. The van der Waals surface area contributed by atoms with E-state index in [9.17, 15) is 13.2 Å². The smallest absolute Gasteiger partial charge is 0.416 e. The topological polar surface area (TPSA) is 48.1 Å². The van der Waals surface area contributed by atoms with E-state index in [4.69, 9.17) is 10.5 Å². The van der Waals surface area contributed by atoms with Crippen LogP contribution in [0.5, 0.6) is 5.75 Å². The number of hydrogen-bond acceptors (Lipinski definition) is 3. The minimum Gasteiger partial charge on any atom is -0.495 e. The Kier molecular flexibility index (Phi) is 3.94. The van der Waals surface area contributed by atoms with Crippen molar-refractivity contribution in [3.8, 4) is 5.75 Å². The number of aromatic nitrogens is 1. The Morgan fingerprint density at radius 2 is 1.90 bits per heavy atom. The highest BCUT2D eigenvalue weighted by atomic mass is 19.4. The first-order chi connectivity index (χ1) is 9.41. The highest BCUT2D eigenvalue weighted by Gasteiger charge is 2.30. The van der Waals surface area contributed by atoms with Crippen molar-refractivity contribution in [2.45, 2.75) is 12.2 Å². The first-order valence-corrected chi connectivity index (χ1v) is 5.83. The average Bonchev–Trinajstić information content (AvgIpc) is 2.46. The number of pyridine rings is 1. The van der Waals surface area contributed by atoms with Crippen molar-refractivity contribution in [3.05, 3.63) is 59.4 Å². The zero-order chi connectivity index (χ0) is 14.8. The molecule has 1 aromatic carbocycles. The summed E-state index contributed by atoms with van der Waals surface area (Å²) in [5, 5.41) is 0. The van der Waals surface area contributed by atoms with Gasteiger partial charge < -0.3 is 10.5 Å². The molecule has 106 valence electrons. The molecule has 0 amide bonds. The summed E-state index contributed by atoms with van der Waals surface area (Å²) < 4.78 is 43.1. The van der Waals surface area contributed by atoms with Gasteiger partial charge in [0.1, 0.15) is 5.75 Å². The summed E-state index contributed by atoms with van der Waals surface area (Å²) in [6.45, 7) is 0. The lowest BCUT2D eigenvalue weighted by molar-refractivity contribution is -0.137. The maximum absolute atomic E-state index is 12.7. The molecule has 2 rings (SSSR count). The maximum atomic E-state index is 12.7. The van der Waals surface area contributed by atoms with Gasteiger partial charge in [0.15, 0.2) is 0 Å². The summed E-state index contributed by atoms with van der Waals surface area (Å²) in [6, 6.07) is 5.91. The van der Waals surface area contributed by atoms with Crippen LogP contribution in [0, 0.1) is 0 Å². The number of rotatable bonds is 3. The first kappa shape index (κ1) is 14.3. The van der Waals surface area contributed by atoms with Gasteiger partial charge in [0.25, 0.3) is 0 Å². The summed E-state index contributed by atoms with van der Waals surface area (Å²) in [4.78, 5) is 3.95. The van der Waals surface area contributed by atoms with Gasteiger partial charge in [-0.1, -0.05) is 12.1 Å². The lowest BCUT2D eigenvalue weighted by Crippen LogP contribution is -2.14. The predicted octanol–water partition coefficient (Wildman–Crippen LogP) is 3.16. The predicted molar refractivity (Wildman–Crippen MR) is 68.3 cm³/mol. The van der Waals surface area contributed by atoms with Crippen molar-refractivity contribution in [1.29, 1.82) is 0 Å². The van der Waals surface area contributed by atoms with Gasteiger partial charge in [0.05, 0.1) is 24.9 Å². The van der Waals surface area contributed by atoms with Crippen molar-refractivity contribution in [3.63, 3.8) is 0 Å². The summed E-state index contributed by atoms with van der Waals surface area (Å²) in [5.41, 5.74) is 6.23. The van der Waals surface area contributed by atoms with Gasteiger partial charge in [-0.25, -0.2) is 0 Å². The molecule has 0 spiro atoms. The molecular weight excluding hydrogens is 269 g/mol. The Labute approximate surface area is 114 Å². The third-order valence-electron chi connectivity index (χ3n) is 2.90. The molecule has 2 N–H and O–H groups in total. The molecule has 0 fully saturated rings. The van der Waals surface area contributed by atoms with Gasteiger partial charge >= 0.3 is 6.18 Å². The fourth-order valence-electron chi connectivity index (χ4n) is 1.82. The molecule has 0 radical (unpaired) electrons. The van der Waals surface area contributed by atoms with Gasteiger partial charge in [0.2, 0.25) is 0 Å². The fourth-order valence-corrected chi connectivity index (χ4v) is 1.82. The second-order valence-electron chi connectivity index (χ2n) is 4.26. The quantitative estimate of drug-likeness (QED) is 0.940. The van der Waals surface area contributed by atoms with Crippen LogP contribution >= 0.6 is 0 Å².